The van der Waals surface area contributed by atoms with Crippen molar-refractivity contribution in [2.24, 2.45) is 5.41 Å². The average Bonchev–Trinajstić information content (AvgIpc) is 2.96. The van der Waals surface area contributed by atoms with Gasteiger partial charge in [-0.1, -0.05) is 39.0 Å². The third-order valence-electron chi connectivity index (χ3n) is 4.74. The van der Waals surface area contributed by atoms with Gasteiger partial charge in [-0.2, -0.15) is 0 Å². The fraction of sp³-hybridized carbons (Fsp3) is 0.381. The summed E-state index contributed by atoms with van der Waals surface area (Å²) in [6.07, 6.45) is 2.35. The topological polar surface area (TPSA) is 71.5 Å². The van der Waals surface area contributed by atoms with Gasteiger partial charge in [-0.05, 0) is 35.2 Å². The Hall–Kier alpha value is -2.73. The molecule has 1 N–H and O–H groups in total. The first-order chi connectivity index (χ1) is 12.8. The summed E-state index contributed by atoms with van der Waals surface area (Å²) in [4.78, 5) is 31.3. The molecule has 1 fully saturated rings. The lowest BCUT2D eigenvalue weighted by atomic mass is 9.92. The van der Waals surface area contributed by atoms with Crippen LogP contribution in [0.15, 0.2) is 54.9 Å². The summed E-state index contributed by atoms with van der Waals surface area (Å²) in [5.41, 5.74) is 1.01. The molecule has 27 heavy (non-hydrogen) atoms. The van der Waals surface area contributed by atoms with Gasteiger partial charge in [-0.25, -0.2) is 4.79 Å². The number of benzene rings is 1. The highest BCUT2D eigenvalue weighted by Gasteiger charge is 2.47. The zero-order valence-electron chi connectivity index (χ0n) is 16.0. The van der Waals surface area contributed by atoms with Crippen molar-refractivity contribution in [1.82, 2.24) is 15.2 Å². The van der Waals surface area contributed by atoms with Gasteiger partial charge in [0.05, 0.1) is 11.7 Å². The number of carbonyl (C=O) groups is 2. The average molecular weight is 367 g/mol. The van der Waals surface area contributed by atoms with Crippen LogP contribution in [-0.2, 0) is 9.53 Å². The lowest BCUT2D eigenvalue weighted by molar-refractivity contribution is -0.131. The van der Waals surface area contributed by atoms with E-state index in [2.05, 4.69) is 31.1 Å². The number of pyridine rings is 1. The van der Waals surface area contributed by atoms with E-state index in [1.54, 1.807) is 60.7 Å². The van der Waals surface area contributed by atoms with Gasteiger partial charge in [-0.15, -0.1) is 0 Å². The standard InChI is InChI=1S/C21H25N3O3/c1-21(2,3)20-23-16(18(25)24(20)4)17(14-10-12-22-13-11-14)27-19(26)15-8-6-5-7-9-15/h5-13,16-17,20,23H,1-4H3/t16-,17+,20+/m0/s1. The number of likely N-dealkylation sites (N-methyl/N-ethyl adjacent to an activating group) is 1. The molecule has 1 saturated heterocycles. The Bertz CT molecular complexity index is 802. The van der Waals surface area contributed by atoms with Crippen molar-refractivity contribution in [1.29, 1.82) is 0 Å². The van der Waals surface area contributed by atoms with E-state index in [4.69, 9.17) is 4.74 Å². The zero-order chi connectivity index (χ0) is 19.6. The van der Waals surface area contributed by atoms with E-state index in [1.807, 2.05) is 6.07 Å². The zero-order valence-corrected chi connectivity index (χ0v) is 16.0. The highest BCUT2D eigenvalue weighted by molar-refractivity contribution is 5.90. The minimum absolute atomic E-state index is 0.0994. The third-order valence-corrected chi connectivity index (χ3v) is 4.74. The largest absolute Gasteiger partial charge is 0.452 e. The van der Waals surface area contributed by atoms with E-state index in [-0.39, 0.29) is 17.5 Å². The first-order valence-electron chi connectivity index (χ1n) is 8.97. The highest BCUT2D eigenvalue weighted by atomic mass is 16.5. The molecule has 3 atom stereocenters. The summed E-state index contributed by atoms with van der Waals surface area (Å²) in [6.45, 7) is 6.19. The number of amides is 1. The molecule has 2 aromatic rings. The molecule has 6 nitrogen and oxygen atoms in total. The predicted molar refractivity (Wildman–Crippen MR) is 102 cm³/mol. The molecule has 0 saturated carbocycles. The fourth-order valence-electron chi connectivity index (χ4n) is 3.39. The van der Waals surface area contributed by atoms with Crippen LogP contribution in [0.3, 0.4) is 0 Å². The van der Waals surface area contributed by atoms with Crippen LogP contribution < -0.4 is 5.32 Å². The predicted octanol–water partition coefficient (Wildman–Crippen LogP) is 2.78. The number of aromatic nitrogens is 1. The van der Waals surface area contributed by atoms with Gasteiger partial charge in [-0.3, -0.25) is 15.1 Å². The van der Waals surface area contributed by atoms with Crippen LogP contribution in [0.25, 0.3) is 0 Å². The van der Waals surface area contributed by atoms with E-state index < -0.39 is 18.1 Å². The summed E-state index contributed by atoms with van der Waals surface area (Å²) in [5, 5.41) is 3.36. The maximum atomic E-state index is 13.0. The van der Waals surface area contributed by atoms with E-state index in [0.29, 0.717) is 5.56 Å². The Morgan fingerprint density at radius 3 is 2.33 bits per heavy atom. The van der Waals surface area contributed by atoms with Crippen molar-refractivity contribution in [2.75, 3.05) is 7.05 Å². The third kappa shape index (κ3) is 4.01. The van der Waals surface area contributed by atoms with Crippen molar-refractivity contribution < 1.29 is 14.3 Å². The van der Waals surface area contributed by atoms with Crippen molar-refractivity contribution in [3.8, 4) is 0 Å². The smallest absolute Gasteiger partial charge is 0.338 e. The normalized spacial score (nSPS) is 21.2. The molecule has 0 spiro atoms. The Morgan fingerprint density at radius 1 is 1.15 bits per heavy atom. The summed E-state index contributed by atoms with van der Waals surface area (Å²) >= 11 is 0. The molecule has 3 rings (SSSR count). The summed E-state index contributed by atoms with van der Waals surface area (Å²) in [7, 11) is 1.77. The van der Waals surface area contributed by atoms with Gasteiger partial charge in [0.1, 0.15) is 6.04 Å². The molecule has 0 bridgehead atoms. The Balaban J connectivity index is 1.92. The second kappa shape index (κ2) is 7.48. The maximum Gasteiger partial charge on any atom is 0.338 e. The highest BCUT2D eigenvalue weighted by Crippen LogP contribution is 2.32. The monoisotopic (exact) mass is 367 g/mol. The lowest BCUT2D eigenvalue weighted by Gasteiger charge is -2.32. The molecule has 142 valence electrons. The Morgan fingerprint density at radius 2 is 1.78 bits per heavy atom. The summed E-state index contributed by atoms with van der Waals surface area (Å²) in [6, 6.07) is 11.7. The molecule has 0 radical (unpaired) electrons. The van der Waals surface area contributed by atoms with Crippen molar-refractivity contribution in [3.05, 3.63) is 66.0 Å². The molecule has 2 heterocycles. The van der Waals surface area contributed by atoms with Gasteiger partial charge < -0.3 is 9.64 Å². The summed E-state index contributed by atoms with van der Waals surface area (Å²) in [5.74, 6) is -0.563. The van der Waals surface area contributed by atoms with Crippen LogP contribution in [0.5, 0.6) is 0 Å². The van der Waals surface area contributed by atoms with Crippen molar-refractivity contribution >= 4 is 11.9 Å². The van der Waals surface area contributed by atoms with Gasteiger partial charge in [0, 0.05) is 19.4 Å². The number of hydrogen-bond donors (Lipinski definition) is 1. The quantitative estimate of drug-likeness (QED) is 0.842. The Labute approximate surface area is 159 Å². The van der Waals surface area contributed by atoms with Crippen LogP contribution in [0.4, 0.5) is 0 Å². The van der Waals surface area contributed by atoms with Gasteiger partial charge >= 0.3 is 5.97 Å². The van der Waals surface area contributed by atoms with E-state index in [1.165, 1.54) is 0 Å². The van der Waals surface area contributed by atoms with Crippen LogP contribution in [0, 0.1) is 5.41 Å². The van der Waals surface area contributed by atoms with Gasteiger partial charge in [0.2, 0.25) is 5.91 Å². The lowest BCUT2D eigenvalue weighted by Crippen LogP contribution is -2.46. The molecule has 1 aromatic heterocycles. The second-order valence-corrected chi connectivity index (χ2v) is 7.83. The molecule has 1 aromatic carbocycles. The Kier molecular flexibility index (Phi) is 5.28. The first-order valence-corrected chi connectivity index (χ1v) is 8.97. The minimum atomic E-state index is -0.747. The first kappa shape index (κ1) is 19.0. The van der Waals surface area contributed by atoms with Crippen LogP contribution in [-0.4, -0.2) is 41.0 Å². The van der Waals surface area contributed by atoms with Gasteiger partial charge in [0.15, 0.2) is 6.10 Å². The van der Waals surface area contributed by atoms with E-state index in [0.717, 1.165) is 5.56 Å². The molecule has 0 unspecified atom stereocenters. The van der Waals surface area contributed by atoms with E-state index >= 15 is 0 Å². The van der Waals surface area contributed by atoms with Crippen LogP contribution in [0.1, 0.15) is 42.8 Å². The number of nitrogens with zero attached hydrogens (tertiary/aromatic N) is 2. The number of carbonyl (C=O) groups excluding carboxylic acids is 2. The number of nitrogens with one attached hydrogen (secondary N) is 1. The second-order valence-electron chi connectivity index (χ2n) is 7.83. The number of rotatable bonds is 4. The number of esters is 1. The van der Waals surface area contributed by atoms with Crippen molar-refractivity contribution in [3.63, 3.8) is 0 Å². The molecule has 0 aliphatic carbocycles. The molecular weight excluding hydrogens is 342 g/mol. The van der Waals surface area contributed by atoms with Crippen LogP contribution >= 0.6 is 0 Å². The SMILES string of the molecule is CN1C(=O)[C@H]([C@H](OC(=O)c2ccccc2)c2ccncc2)N[C@H]1C(C)(C)C. The van der Waals surface area contributed by atoms with Crippen molar-refractivity contribution in [2.45, 2.75) is 39.1 Å². The molecular formula is C21H25N3O3. The minimum Gasteiger partial charge on any atom is -0.452 e. The number of hydrogen-bond acceptors (Lipinski definition) is 5. The fourth-order valence-corrected chi connectivity index (χ4v) is 3.39. The van der Waals surface area contributed by atoms with E-state index in [9.17, 15) is 9.59 Å². The summed E-state index contributed by atoms with van der Waals surface area (Å²) < 4.78 is 5.81. The molecule has 1 amide bonds. The molecule has 1 aliphatic rings. The molecule has 6 heteroatoms. The molecule has 1 aliphatic heterocycles. The van der Waals surface area contributed by atoms with Crippen LogP contribution in [0.2, 0.25) is 0 Å². The van der Waals surface area contributed by atoms with Gasteiger partial charge in [0.25, 0.3) is 0 Å². The number of ether oxygens (including phenoxy) is 1. The maximum absolute atomic E-state index is 13.0.